The largest absolute Gasteiger partial charge is 0.456 e. The normalized spacial score (nSPS) is 11.9. The maximum absolute atomic E-state index is 6.31. The van der Waals surface area contributed by atoms with Gasteiger partial charge in [0, 0.05) is 12.0 Å². The predicted molar refractivity (Wildman–Crippen MR) is 90.7 cm³/mol. The lowest BCUT2D eigenvalue weighted by Gasteiger charge is -2.14. The molecule has 0 bridgehead atoms. The van der Waals surface area contributed by atoms with E-state index in [1.165, 1.54) is 33.4 Å². The molecule has 0 heterocycles. The summed E-state index contributed by atoms with van der Waals surface area (Å²) in [5.74, 6) is 1.96. The van der Waals surface area contributed by atoms with Crippen LogP contribution in [0.5, 0.6) is 11.5 Å². The van der Waals surface area contributed by atoms with Crippen LogP contribution in [0.3, 0.4) is 0 Å². The van der Waals surface area contributed by atoms with Gasteiger partial charge in [-0.3, -0.25) is 0 Å². The van der Waals surface area contributed by atoms with Gasteiger partial charge in [-0.2, -0.15) is 0 Å². The van der Waals surface area contributed by atoms with Gasteiger partial charge >= 0.3 is 0 Å². The van der Waals surface area contributed by atoms with E-state index in [0.717, 1.165) is 17.9 Å². The summed E-state index contributed by atoms with van der Waals surface area (Å²) in [7, 11) is 0. The molecular formula is C21H18O. The Morgan fingerprint density at radius 3 is 2.23 bits per heavy atom. The minimum Gasteiger partial charge on any atom is -0.456 e. The fourth-order valence-electron chi connectivity index (χ4n) is 3.29. The number of para-hydroxylation sites is 1. The van der Waals surface area contributed by atoms with E-state index in [0.29, 0.717) is 0 Å². The summed E-state index contributed by atoms with van der Waals surface area (Å²) in [5.41, 5.74) is 7.67. The van der Waals surface area contributed by atoms with Crippen molar-refractivity contribution < 1.29 is 4.74 Å². The number of fused-ring (bicyclic) bond motifs is 3. The highest BCUT2D eigenvalue weighted by molar-refractivity contribution is 5.79. The zero-order valence-corrected chi connectivity index (χ0v) is 12.9. The maximum Gasteiger partial charge on any atom is 0.133 e. The van der Waals surface area contributed by atoms with Crippen LogP contribution in [0.25, 0.3) is 11.1 Å². The first-order valence-corrected chi connectivity index (χ1v) is 7.68. The Labute approximate surface area is 131 Å². The first-order chi connectivity index (χ1) is 10.7. The van der Waals surface area contributed by atoms with Gasteiger partial charge in [0.15, 0.2) is 0 Å². The fraction of sp³-hybridized carbons (Fsp3) is 0.143. The van der Waals surface area contributed by atoms with Crippen LogP contribution in [-0.2, 0) is 6.42 Å². The first-order valence-electron chi connectivity index (χ1n) is 7.68. The van der Waals surface area contributed by atoms with Gasteiger partial charge in [0.25, 0.3) is 0 Å². The van der Waals surface area contributed by atoms with Gasteiger partial charge in [-0.05, 0) is 47.7 Å². The standard InChI is InChI=1S/C21H18O/c1-14-7-5-8-15(2)21(14)22-20-12-6-11-18-17-10-4-3-9-16(17)13-19(18)20/h3-12H,13H2,1-2H3. The van der Waals surface area contributed by atoms with Crippen LogP contribution in [-0.4, -0.2) is 0 Å². The van der Waals surface area contributed by atoms with Crippen LogP contribution < -0.4 is 4.74 Å². The van der Waals surface area contributed by atoms with E-state index in [4.69, 9.17) is 4.74 Å². The van der Waals surface area contributed by atoms with E-state index < -0.39 is 0 Å². The molecule has 0 aromatic heterocycles. The molecule has 108 valence electrons. The summed E-state index contributed by atoms with van der Waals surface area (Å²) in [4.78, 5) is 0. The summed E-state index contributed by atoms with van der Waals surface area (Å²) in [5, 5.41) is 0. The van der Waals surface area contributed by atoms with Crippen molar-refractivity contribution in [1.29, 1.82) is 0 Å². The molecule has 1 heteroatoms. The molecule has 0 unspecified atom stereocenters. The lowest BCUT2D eigenvalue weighted by atomic mass is 10.1. The SMILES string of the molecule is Cc1cccc(C)c1Oc1cccc2c1Cc1ccccc1-2. The summed E-state index contributed by atoms with van der Waals surface area (Å²) >= 11 is 0. The molecule has 0 radical (unpaired) electrons. The number of benzene rings is 3. The van der Waals surface area contributed by atoms with E-state index in [1.807, 2.05) is 0 Å². The van der Waals surface area contributed by atoms with Gasteiger partial charge in [0.2, 0.25) is 0 Å². The van der Waals surface area contributed by atoms with E-state index in [1.54, 1.807) is 0 Å². The molecule has 1 aliphatic carbocycles. The smallest absolute Gasteiger partial charge is 0.133 e. The van der Waals surface area contributed by atoms with Crippen LogP contribution in [0.2, 0.25) is 0 Å². The van der Waals surface area contributed by atoms with Crippen LogP contribution in [0.15, 0.2) is 60.7 Å². The Kier molecular flexibility index (Phi) is 3.00. The molecule has 0 aliphatic heterocycles. The molecule has 0 N–H and O–H groups in total. The molecule has 4 rings (SSSR count). The third-order valence-electron chi connectivity index (χ3n) is 4.43. The molecule has 0 spiro atoms. The second-order valence-electron chi connectivity index (χ2n) is 5.94. The Morgan fingerprint density at radius 2 is 1.41 bits per heavy atom. The number of rotatable bonds is 2. The Balaban J connectivity index is 1.80. The summed E-state index contributed by atoms with van der Waals surface area (Å²) in [6.45, 7) is 4.19. The van der Waals surface area contributed by atoms with E-state index in [-0.39, 0.29) is 0 Å². The lowest BCUT2D eigenvalue weighted by Crippen LogP contribution is -1.94. The average Bonchev–Trinajstić information content (AvgIpc) is 2.91. The lowest BCUT2D eigenvalue weighted by molar-refractivity contribution is 0.471. The second-order valence-corrected chi connectivity index (χ2v) is 5.94. The van der Waals surface area contributed by atoms with Crippen molar-refractivity contribution in [1.82, 2.24) is 0 Å². The van der Waals surface area contributed by atoms with Crippen molar-refractivity contribution in [3.8, 4) is 22.6 Å². The van der Waals surface area contributed by atoms with Crippen molar-refractivity contribution in [3.63, 3.8) is 0 Å². The first kappa shape index (κ1) is 13.1. The molecule has 1 nitrogen and oxygen atoms in total. The predicted octanol–water partition coefficient (Wildman–Crippen LogP) is 5.67. The highest BCUT2D eigenvalue weighted by Gasteiger charge is 2.21. The van der Waals surface area contributed by atoms with Gasteiger partial charge in [0.1, 0.15) is 11.5 Å². The Morgan fingerprint density at radius 1 is 0.727 bits per heavy atom. The van der Waals surface area contributed by atoms with Crippen molar-refractivity contribution in [2.75, 3.05) is 0 Å². The van der Waals surface area contributed by atoms with Crippen LogP contribution >= 0.6 is 0 Å². The Bertz CT molecular complexity index is 841. The van der Waals surface area contributed by atoms with Gasteiger partial charge in [-0.1, -0.05) is 54.6 Å². The van der Waals surface area contributed by atoms with Gasteiger partial charge in [0.05, 0.1) is 0 Å². The fourth-order valence-corrected chi connectivity index (χ4v) is 3.29. The zero-order valence-electron chi connectivity index (χ0n) is 12.9. The molecule has 3 aromatic rings. The van der Waals surface area contributed by atoms with E-state index in [2.05, 4.69) is 74.5 Å². The molecular weight excluding hydrogens is 268 g/mol. The molecule has 0 atom stereocenters. The zero-order chi connectivity index (χ0) is 15.1. The molecule has 0 fully saturated rings. The molecule has 0 amide bonds. The number of hydrogen-bond donors (Lipinski definition) is 0. The molecule has 3 aromatic carbocycles. The number of ether oxygens (including phenoxy) is 1. The quantitative estimate of drug-likeness (QED) is 0.461. The van der Waals surface area contributed by atoms with Crippen molar-refractivity contribution in [2.24, 2.45) is 0 Å². The third-order valence-corrected chi connectivity index (χ3v) is 4.43. The van der Waals surface area contributed by atoms with Crippen LogP contribution in [0, 0.1) is 13.8 Å². The van der Waals surface area contributed by atoms with Gasteiger partial charge < -0.3 is 4.74 Å². The topological polar surface area (TPSA) is 9.23 Å². The van der Waals surface area contributed by atoms with Crippen LogP contribution in [0.1, 0.15) is 22.3 Å². The second kappa shape index (κ2) is 5.03. The highest BCUT2D eigenvalue weighted by Crippen LogP contribution is 2.42. The summed E-state index contributed by atoms with van der Waals surface area (Å²) in [6, 6.07) is 21.2. The monoisotopic (exact) mass is 286 g/mol. The van der Waals surface area contributed by atoms with Crippen LogP contribution in [0.4, 0.5) is 0 Å². The molecule has 1 aliphatic rings. The van der Waals surface area contributed by atoms with E-state index >= 15 is 0 Å². The number of hydrogen-bond acceptors (Lipinski definition) is 1. The number of aryl methyl sites for hydroxylation is 2. The van der Waals surface area contributed by atoms with Crippen molar-refractivity contribution >= 4 is 0 Å². The van der Waals surface area contributed by atoms with Gasteiger partial charge in [-0.15, -0.1) is 0 Å². The third kappa shape index (κ3) is 2.01. The minimum atomic E-state index is 0.951. The van der Waals surface area contributed by atoms with Gasteiger partial charge in [-0.25, -0.2) is 0 Å². The molecule has 0 saturated carbocycles. The minimum absolute atomic E-state index is 0.951. The van der Waals surface area contributed by atoms with Crippen molar-refractivity contribution in [2.45, 2.75) is 20.3 Å². The Hall–Kier alpha value is -2.54. The maximum atomic E-state index is 6.31. The molecule has 22 heavy (non-hydrogen) atoms. The van der Waals surface area contributed by atoms with E-state index in [9.17, 15) is 0 Å². The summed E-state index contributed by atoms with van der Waals surface area (Å²) < 4.78 is 6.31. The van der Waals surface area contributed by atoms with Crippen molar-refractivity contribution in [3.05, 3.63) is 82.9 Å². The molecule has 0 saturated heterocycles. The summed E-state index contributed by atoms with van der Waals surface area (Å²) in [6.07, 6.45) is 0.951. The average molecular weight is 286 g/mol. The highest BCUT2D eigenvalue weighted by atomic mass is 16.5.